The van der Waals surface area contributed by atoms with Crippen LogP contribution in [0.4, 0.5) is 0 Å². The van der Waals surface area contributed by atoms with Gasteiger partial charge in [0.1, 0.15) is 17.0 Å². The van der Waals surface area contributed by atoms with E-state index in [0.717, 1.165) is 11.1 Å². The fourth-order valence-electron chi connectivity index (χ4n) is 2.08. The lowest BCUT2D eigenvalue weighted by molar-refractivity contribution is -0.121. The van der Waals surface area contributed by atoms with Gasteiger partial charge >= 0.3 is 0 Å². The highest BCUT2D eigenvalue weighted by atomic mass is 16.3. The van der Waals surface area contributed by atoms with Gasteiger partial charge in [-0.15, -0.1) is 0 Å². The molecule has 2 heterocycles. The van der Waals surface area contributed by atoms with Crippen molar-refractivity contribution in [3.8, 4) is 11.6 Å². The van der Waals surface area contributed by atoms with Gasteiger partial charge in [0.15, 0.2) is 5.58 Å². The summed E-state index contributed by atoms with van der Waals surface area (Å²) in [5, 5.41) is 0. The van der Waals surface area contributed by atoms with Gasteiger partial charge in [0.05, 0.1) is 0 Å². The van der Waals surface area contributed by atoms with Crippen LogP contribution in [-0.2, 0) is 11.2 Å². The maximum absolute atomic E-state index is 11.8. The average Bonchev–Trinajstić information content (AvgIpc) is 2.91. The van der Waals surface area contributed by atoms with E-state index in [1.807, 2.05) is 50.2 Å². The topological polar surface area (TPSA) is 56.0 Å². The number of rotatable bonds is 4. The van der Waals surface area contributed by atoms with Crippen LogP contribution in [0.25, 0.3) is 22.7 Å². The summed E-state index contributed by atoms with van der Waals surface area (Å²) in [6, 6.07) is 11.3. The highest BCUT2D eigenvalue weighted by molar-refractivity contribution is 5.84. The molecule has 4 heteroatoms. The van der Waals surface area contributed by atoms with Gasteiger partial charge in [-0.05, 0) is 29.8 Å². The number of Topliss-reactive ketones (excluding diaryl/α,β-unsaturated/α-hetero) is 1. The van der Waals surface area contributed by atoms with Gasteiger partial charge < -0.3 is 4.42 Å². The van der Waals surface area contributed by atoms with Crippen molar-refractivity contribution < 1.29 is 9.21 Å². The first-order chi connectivity index (χ1) is 10.1. The van der Waals surface area contributed by atoms with Crippen LogP contribution in [0.15, 0.2) is 47.0 Å². The summed E-state index contributed by atoms with van der Waals surface area (Å²) in [6.07, 6.45) is 2.13. The molecule has 0 radical (unpaired) electrons. The molecule has 0 aliphatic rings. The minimum absolute atomic E-state index is 0.0412. The van der Waals surface area contributed by atoms with E-state index in [0.29, 0.717) is 23.6 Å². The van der Waals surface area contributed by atoms with Crippen LogP contribution in [0, 0.1) is 5.92 Å². The molecule has 0 N–H and O–H groups in total. The minimum Gasteiger partial charge on any atom is -0.435 e. The van der Waals surface area contributed by atoms with E-state index < -0.39 is 0 Å². The molecule has 0 aliphatic carbocycles. The molecule has 0 spiro atoms. The van der Waals surface area contributed by atoms with E-state index in [4.69, 9.17) is 4.42 Å². The molecule has 0 amide bonds. The van der Waals surface area contributed by atoms with E-state index in [1.165, 1.54) is 0 Å². The molecule has 21 heavy (non-hydrogen) atoms. The zero-order valence-electron chi connectivity index (χ0n) is 12.0. The highest BCUT2D eigenvalue weighted by Gasteiger charge is 2.12. The first-order valence-corrected chi connectivity index (χ1v) is 6.97. The maximum Gasteiger partial charge on any atom is 0.246 e. The van der Waals surface area contributed by atoms with Crippen molar-refractivity contribution in [1.82, 2.24) is 9.97 Å². The second-order valence-electron chi connectivity index (χ2n) is 5.33. The van der Waals surface area contributed by atoms with Crippen molar-refractivity contribution in [1.29, 1.82) is 0 Å². The van der Waals surface area contributed by atoms with Crippen LogP contribution in [-0.4, -0.2) is 15.8 Å². The summed E-state index contributed by atoms with van der Waals surface area (Å²) < 4.78 is 5.75. The maximum atomic E-state index is 11.8. The van der Waals surface area contributed by atoms with Crippen LogP contribution >= 0.6 is 0 Å². The van der Waals surface area contributed by atoms with Crippen molar-refractivity contribution in [3.05, 3.63) is 48.2 Å². The first-order valence-electron chi connectivity index (χ1n) is 6.97. The number of ketones is 1. The Bertz CT molecular complexity index is 776. The van der Waals surface area contributed by atoms with Gasteiger partial charge in [0.2, 0.25) is 5.89 Å². The molecule has 3 aromatic rings. The Morgan fingerprint density at radius 2 is 2.10 bits per heavy atom. The number of nitrogens with zero attached hydrogens (tertiary/aromatic N) is 2. The third-order valence-corrected chi connectivity index (χ3v) is 3.36. The van der Waals surface area contributed by atoms with Crippen molar-refractivity contribution >= 4 is 16.9 Å². The summed E-state index contributed by atoms with van der Waals surface area (Å²) >= 11 is 0. The third kappa shape index (κ3) is 2.84. The Hall–Kier alpha value is -2.49. The summed E-state index contributed by atoms with van der Waals surface area (Å²) in [6.45, 7) is 3.82. The number of aromatic nitrogens is 2. The summed E-state index contributed by atoms with van der Waals surface area (Å²) in [7, 11) is 0. The molecule has 0 bridgehead atoms. The third-order valence-electron chi connectivity index (χ3n) is 3.36. The van der Waals surface area contributed by atoms with Crippen LogP contribution in [0.1, 0.15) is 19.4 Å². The zero-order valence-corrected chi connectivity index (χ0v) is 12.0. The standard InChI is InChI=1S/C17H16N2O2/c1-11(2)15(20)9-12-6-7-13-16(10-12)21-17(19-13)14-5-3-4-8-18-14/h3-8,10-11H,9H2,1-2H3. The van der Waals surface area contributed by atoms with Crippen molar-refractivity contribution in [2.45, 2.75) is 20.3 Å². The molecule has 0 atom stereocenters. The Morgan fingerprint density at radius 3 is 2.81 bits per heavy atom. The normalized spacial score (nSPS) is 11.2. The number of fused-ring (bicyclic) bond motifs is 1. The molecular weight excluding hydrogens is 264 g/mol. The van der Waals surface area contributed by atoms with E-state index in [2.05, 4.69) is 9.97 Å². The zero-order chi connectivity index (χ0) is 14.8. The Labute approximate surface area is 122 Å². The average molecular weight is 280 g/mol. The molecule has 0 saturated carbocycles. The number of oxazole rings is 1. The predicted octanol–water partition coefficient (Wildman–Crippen LogP) is 3.66. The Kier molecular flexibility index (Phi) is 3.52. The molecule has 0 saturated heterocycles. The van der Waals surface area contributed by atoms with E-state index >= 15 is 0 Å². The molecule has 0 fully saturated rings. The second-order valence-corrected chi connectivity index (χ2v) is 5.33. The van der Waals surface area contributed by atoms with E-state index in [-0.39, 0.29) is 11.7 Å². The lowest BCUT2D eigenvalue weighted by atomic mass is 10.0. The van der Waals surface area contributed by atoms with Crippen molar-refractivity contribution in [2.75, 3.05) is 0 Å². The fraction of sp³-hybridized carbons (Fsp3) is 0.235. The second kappa shape index (κ2) is 5.48. The van der Waals surface area contributed by atoms with Gasteiger partial charge in [-0.2, -0.15) is 0 Å². The predicted molar refractivity (Wildman–Crippen MR) is 80.8 cm³/mol. The number of hydrogen-bond donors (Lipinski definition) is 0. The SMILES string of the molecule is CC(C)C(=O)Cc1ccc2nc(-c3ccccn3)oc2c1. The molecule has 106 valence electrons. The Balaban J connectivity index is 1.94. The molecule has 1 aromatic carbocycles. The van der Waals surface area contributed by atoms with Gasteiger partial charge in [-0.3, -0.25) is 9.78 Å². The lowest BCUT2D eigenvalue weighted by Gasteiger charge is -2.03. The van der Waals surface area contributed by atoms with Gasteiger partial charge in [0.25, 0.3) is 0 Å². The van der Waals surface area contributed by atoms with Gasteiger partial charge in [0, 0.05) is 18.5 Å². The molecule has 3 rings (SSSR count). The smallest absolute Gasteiger partial charge is 0.246 e. The number of carbonyl (C=O) groups is 1. The van der Waals surface area contributed by atoms with Crippen LogP contribution in [0.5, 0.6) is 0 Å². The number of carbonyl (C=O) groups excluding carboxylic acids is 1. The molecule has 4 nitrogen and oxygen atoms in total. The van der Waals surface area contributed by atoms with E-state index in [1.54, 1.807) is 6.20 Å². The van der Waals surface area contributed by atoms with Crippen molar-refractivity contribution in [2.24, 2.45) is 5.92 Å². The van der Waals surface area contributed by atoms with E-state index in [9.17, 15) is 4.79 Å². The molecule has 0 aliphatic heterocycles. The van der Waals surface area contributed by atoms with Crippen LogP contribution in [0.3, 0.4) is 0 Å². The summed E-state index contributed by atoms with van der Waals surface area (Å²) in [5.74, 6) is 0.760. The monoisotopic (exact) mass is 280 g/mol. The number of hydrogen-bond acceptors (Lipinski definition) is 4. The van der Waals surface area contributed by atoms with Crippen LogP contribution in [0.2, 0.25) is 0 Å². The highest BCUT2D eigenvalue weighted by Crippen LogP contribution is 2.23. The molecule has 2 aromatic heterocycles. The quantitative estimate of drug-likeness (QED) is 0.732. The van der Waals surface area contributed by atoms with Gasteiger partial charge in [-0.1, -0.05) is 26.0 Å². The fourth-order valence-corrected chi connectivity index (χ4v) is 2.08. The minimum atomic E-state index is 0.0412. The van der Waals surface area contributed by atoms with Gasteiger partial charge in [-0.25, -0.2) is 4.98 Å². The van der Waals surface area contributed by atoms with Crippen molar-refractivity contribution in [3.63, 3.8) is 0 Å². The number of pyridine rings is 1. The van der Waals surface area contributed by atoms with Crippen LogP contribution < -0.4 is 0 Å². The largest absolute Gasteiger partial charge is 0.435 e. The molecule has 0 unspecified atom stereocenters. The lowest BCUT2D eigenvalue weighted by Crippen LogP contribution is -2.09. The number of benzene rings is 1. The Morgan fingerprint density at radius 1 is 1.24 bits per heavy atom. The molecular formula is C17H16N2O2. The summed E-state index contributed by atoms with van der Waals surface area (Å²) in [5.41, 5.74) is 3.11. The first kappa shape index (κ1) is 13.5. The summed E-state index contributed by atoms with van der Waals surface area (Å²) in [4.78, 5) is 20.5.